The van der Waals surface area contributed by atoms with Gasteiger partial charge >= 0.3 is 12.6 Å². The smallest absolute Gasteiger partial charge is 0.387 e. The predicted molar refractivity (Wildman–Crippen MR) is 83.5 cm³/mol. The number of hydrogen-bond donors (Lipinski definition) is 1. The fraction of sp³-hybridized carbons (Fsp3) is 0.125. The summed E-state index contributed by atoms with van der Waals surface area (Å²) in [7, 11) is 0. The van der Waals surface area contributed by atoms with Crippen LogP contribution in [0.3, 0.4) is 0 Å². The number of carbonyl (C=O) groups is 1. The van der Waals surface area contributed by atoms with Crippen molar-refractivity contribution in [2.24, 2.45) is 0 Å². The standard InChI is InChI=1S/C16H12F2N4O4/c17-15(18)26-12-3-1-10(2-4-12)9-25-13-6-19-16(20-7-13)22-8-11(5-21-22)14(23)24/h1-8,15H,9H2,(H,23,24). The molecule has 0 unspecified atom stereocenters. The third-order valence-corrected chi connectivity index (χ3v) is 3.20. The van der Waals surface area contributed by atoms with E-state index in [1.54, 1.807) is 12.1 Å². The minimum absolute atomic E-state index is 0.0215. The summed E-state index contributed by atoms with van der Waals surface area (Å²) in [6.45, 7) is -2.68. The van der Waals surface area contributed by atoms with Gasteiger partial charge in [-0.3, -0.25) is 0 Å². The normalized spacial score (nSPS) is 10.7. The van der Waals surface area contributed by atoms with Gasteiger partial charge in [0.25, 0.3) is 5.95 Å². The first-order chi connectivity index (χ1) is 12.5. The Morgan fingerprint density at radius 3 is 2.38 bits per heavy atom. The number of benzene rings is 1. The Hall–Kier alpha value is -3.56. The summed E-state index contributed by atoms with van der Waals surface area (Å²) in [5.41, 5.74) is 0.766. The Morgan fingerprint density at radius 1 is 1.12 bits per heavy atom. The fourth-order valence-corrected chi connectivity index (χ4v) is 1.98. The lowest BCUT2D eigenvalue weighted by Gasteiger charge is -2.08. The molecular weight excluding hydrogens is 350 g/mol. The number of ether oxygens (including phenoxy) is 2. The fourth-order valence-electron chi connectivity index (χ4n) is 1.98. The minimum atomic E-state index is -2.87. The number of carboxylic acid groups (broad SMARTS) is 1. The average Bonchev–Trinajstić information content (AvgIpc) is 3.12. The second-order valence-corrected chi connectivity index (χ2v) is 5.01. The molecule has 3 aromatic rings. The van der Waals surface area contributed by atoms with Crippen LogP contribution < -0.4 is 9.47 Å². The highest BCUT2D eigenvalue weighted by molar-refractivity contribution is 5.86. The van der Waals surface area contributed by atoms with Crippen LogP contribution in [0, 0.1) is 0 Å². The molecule has 8 nitrogen and oxygen atoms in total. The van der Waals surface area contributed by atoms with E-state index in [4.69, 9.17) is 9.84 Å². The molecule has 0 aliphatic heterocycles. The van der Waals surface area contributed by atoms with E-state index in [-0.39, 0.29) is 23.9 Å². The van der Waals surface area contributed by atoms with Gasteiger partial charge in [0.1, 0.15) is 12.4 Å². The zero-order valence-corrected chi connectivity index (χ0v) is 13.1. The molecule has 0 fully saturated rings. The summed E-state index contributed by atoms with van der Waals surface area (Å²) in [4.78, 5) is 18.9. The van der Waals surface area contributed by atoms with Crippen LogP contribution >= 0.6 is 0 Å². The number of rotatable bonds is 7. The molecule has 0 bridgehead atoms. The number of hydrogen-bond acceptors (Lipinski definition) is 6. The van der Waals surface area contributed by atoms with Crippen LogP contribution in [-0.2, 0) is 6.61 Å². The van der Waals surface area contributed by atoms with E-state index in [1.807, 2.05) is 0 Å². The van der Waals surface area contributed by atoms with E-state index in [0.717, 1.165) is 5.56 Å². The number of carboxylic acids is 1. The molecule has 0 radical (unpaired) electrons. The van der Waals surface area contributed by atoms with Gasteiger partial charge in [0.2, 0.25) is 0 Å². The second-order valence-electron chi connectivity index (χ2n) is 5.01. The van der Waals surface area contributed by atoms with E-state index >= 15 is 0 Å². The molecule has 2 heterocycles. The predicted octanol–water partition coefficient (Wildman–Crippen LogP) is 2.54. The van der Waals surface area contributed by atoms with E-state index in [0.29, 0.717) is 5.75 Å². The molecule has 10 heteroatoms. The van der Waals surface area contributed by atoms with Crippen molar-refractivity contribution in [1.29, 1.82) is 0 Å². The zero-order chi connectivity index (χ0) is 18.5. The van der Waals surface area contributed by atoms with Gasteiger partial charge in [-0.1, -0.05) is 12.1 Å². The monoisotopic (exact) mass is 362 g/mol. The maximum atomic E-state index is 12.1. The van der Waals surface area contributed by atoms with Gasteiger partial charge in [-0.05, 0) is 17.7 Å². The molecule has 1 aromatic carbocycles. The Balaban J connectivity index is 1.59. The summed E-state index contributed by atoms with van der Waals surface area (Å²) >= 11 is 0. The van der Waals surface area contributed by atoms with E-state index in [2.05, 4.69) is 19.8 Å². The molecule has 3 rings (SSSR count). The third-order valence-electron chi connectivity index (χ3n) is 3.20. The average molecular weight is 362 g/mol. The molecule has 26 heavy (non-hydrogen) atoms. The lowest BCUT2D eigenvalue weighted by molar-refractivity contribution is -0.0498. The lowest BCUT2D eigenvalue weighted by Crippen LogP contribution is -2.03. The van der Waals surface area contributed by atoms with Crippen LogP contribution in [0.25, 0.3) is 5.95 Å². The van der Waals surface area contributed by atoms with Crippen LogP contribution in [0.1, 0.15) is 15.9 Å². The van der Waals surface area contributed by atoms with E-state index in [1.165, 1.54) is 41.6 Å². The molecule has 0 saturated heterocycles. The first-order valence-corrected chi connectivity index (χ1v) is 7.28. The van der Waals surface area contributed by atoms with Crippen LogP contribution in [-0.4, -0.2) is 37.4 Å². The van der Waals surface area contributed by atoms with Crippen molar-refractivity contribution in [2.45, 2.75) is 13.2 Å². The topological polar surface area (TPSA) is 99.4 Å². The molecule has 0 amide bonds. The third kappa shape index (κ3) is 4.29. The lowest BCUT2D eigenvalue weighted by atomic mass is 10.2. The van der Waals surface area contributed by atoms with Crippen LogP contribution in [0.5, 0.6) is 11.5 Å². The first-order valence-electron chi connectivity index (χ1n) is 7.28. The SMILES string of the molecule is O=C(O)c1cnn(-c2ncc(OCc3ccc(OC(F)F)cc3)cn2)c1. The van der Waals surface area contributed by atoms with Crippen molar-refractivity contribution in [3.8, 4) is 17.4 Å². The number of aromatic nitrogens is 4. The van der Waals surface area contributed by atoms with Gasteiger partial charge in [-0.15, -0.1) is 0 Å². The molecule has 1 N–H and O–H groups in total. The maximum Gasteiger partial charge on any atom is 0.387 e. The van der Waals surface area contributed by atoms with Crippen molar-refractivity contribution in [3.05, 3.63) is 60.2 Å². The number of nitrogens with zero attached hydrogens (tertiary/aromatic N) is 4. The van der Waals surface area contributed by atoms with Crippen LogP contribution in [0.15, 0.2) is 49.1 Å². The number of aromatic carboxylic acids is 1. The van der Waals surface area contributed by atoms with Crippen molar-refractivity contribution >= 4 is 5.97 Å². The number of halogens is 2. The largest absolute Gasteiger partial charge is 0.486 e. The summed E-state index contributed by atoms with van der Waals surface area (Å²) in [5, 5.41) is 12.7. The summed E-state index contributed by atoms with van der Waals surface area (Å²) in [6, 6.07) is 6.04. The zero-order valence-electron chi connectivity index (χ0n) is 13.1. The quantitative estimate of drug-likeness (QED) is 0.689. The number of alkyl halides is 2. The Bertz CT molecular complexity index is 882. The van der Waals surface area contributed by atoms with Crippen LogP contribution in [0.2, 0.25) is 0 Å². The molecule has 0 aliphatic carbocycles. The van der Waals surface area contributed by atoms with Crippen molar-refractivity contribution in [2.75, 3.05) is 0 Å². The highest BCUT2D eigenvalue weighted by Gasteiger charge is 2.09. The Labute approximate surface area is 145 Å². The van der Waals surface area contributed by atoms with Gasteiger partial charge in [-0.25, -0.2) is 19.4 Å². The van der Waals surface area contributed by atoms with Gasteiger partial charge in [-0.2, -0.15) is 13.9 Å². The van der Waals surface area contributed by atoms with E-state index < -0.39 is 12.6 Å². The van der Waals surface area contributed by atoms with Gasteiger partial charge < -0.3 is 14.6 Å². The molecule has 0 atom stereocenters. The second kappa shape index (κ2) is 7.55. The Morgan fingerprint density at radius 2 is 1.81 bits per heavy atom. The molecule has 0 saturated carbocycles. The molecule has 2 aromatic heterocycles. The summed E-state index contributed by atoms with van der Waals surface area (Å²) in [6.07, 6.45) is 5.32. The molecule has 0 aliphatic rings. The highest BCUT2D eigenvalue weighted by Crippen LogP contribution is 2.17. The molecule has 134 valence electrons. The first kappa shape index (κ1) is 17.3. The van der Waals surface area contributed by atoms with E-state index in [9.17, 15) is 13.6 Å². The highest BCUT2D eigenvalue weighted by atomic mass is 19.3. The van der Waals surface area contributed by atoms with Crippen molar-refractivity contribution in [1.82, 2.24) is 19.7 Å². The van der Waals surface area contributed by atoms with Gasteiger partial charge in [0.15, 0.2) is 5.75 Å². The summed E-state index contributed by atoms with van der Waals surface area (Å²) < 4.78 is 35.2. The Kier molecular flexibility index (Phi) is 5.02. The minimum Gasteiger partial charge on any atom is -0.486 e. The maximum absolute atomic E-state index is 12.1. The van der Waals surface area contributed by atoms with Crippen molar-refractivity contribution < 1.29 is 28.2 Å². The van der Waals surface area contributed by atoms with Gasteiger partial charge in [0, 0.05) is 6.20 Å². The molecule has 0 spiro atoms. The van der Waals surface area contributed by atoms with Gasteiger partial charge in [0.05, 0.1) is 24.2 Å². The summed E-state index contributed by atoms with van der Waals surface area (Å²) in [5.74, 6) is -0.455. The molecular formula is C16H12F2N4O4. The van der Waals surface area contributed by atoms with Crippen LogP contribution in [0.4, 0.5) is 8.78 Å². The van der Waals surface area contributed by atoms with Crippen molar-refractivity contribution in [3.63, 3.8) is 0 Å².